The third kappa shape index (κ3) is 3.49. The van der Waals surface area contributed by atoms with Crippen LogP contribution >= 0.6 is 0 Å². The molecule has 6 heteroatoms. The molecule has 0 spiro atoms. The minimum atomic E-state index is 0.373. The number of aryl methyl sites for hydroxylation is 1. The minimum absolute atomic E-state index is 0.373. The molecule has 0 radical (unpaired) electrons. The average molecular weight is 336 g/mol. The van der Waals surface area contributed by atoms with Crippen molar-refractivity contribution >= 4 is 0 Å². The summed E-state index contributed by atoms with van der Waals surface area (Å²) in [6.45, 7) is 5.21. The number of pyridine rings is 1. The molecule has 0 aromatic carbocycles. The summed E-state index contributed by atoms with van der Waals surface area (Å²) in [4.78, 5) is 11.5. The van der Waals surface area contributed by atoms with Gasteiger partial charge in [0.15, 0.2) is 0 Å². The van der Waals surface area contributed by atoms with E-state index in [1.807, 2.05) is 27.7 Å². The minimum Gasteiger partial charge on any atom is -0.291 e. The van der Waals surface area contributed by atoms with Crippen molar-refractivity contribution in [2.24, 2.45) is 0 Å². The van der Waals surface area contributed by atoms with E-state index in [1.165, 1.54) is 12.0 Å². The van der Waals surface area contributed by atoms with Crippen LogP contribution in [0.3, 0.4) is 0 Å². The lowest BCUT2D eigenvalue weighted by atomic mass is 10.1. The molecule has 1 aliphatic heterocycles. The van der Waals surface area contributed by atoms with E-state index in [-0.39, 0.29) is 0 Å². The summed E-state index contributed by atoms with van der Waals surface area (Å²) in [5.41, 5.74) is 2.43. The Balaban J connectivity index is 1.52. The Morgan fingerprint density at radius 3 is 3.08 bits per heavy atom. The molecule has 4 heterocycles. The van der Waals surface area contributed by atoms with Gasteiger partial charge < -0.3 is 0 Å². The molecule has 1 fully saturated rings. The Morgan fingerprint density at radius 1 is 1.28 bits per heavy atom. The van der Waals surface area contributed by atoms with Gasteiger partial charge in [0.1, 0.15) is 12.1 Å². The monoisotopic (exact) mass is 336 g/mol. The van der Waals surface area contributed by atoms with Gasteiger partial charge in [0.05, 0.1) is 17.9 Å². The maximum atomic E-state index is 4.88. The van der Waals surface area contributed by atoms with Gasteiger partial charge >= 0.3 is 0 Å². The van der Waals surface area contributed by atoms with E-state index in [2.05, 4.69) is 40.2 Å². The Hall–Kier alpha value is -2.47. The Kier molecular flexibility index (Phi) is 4.61. The highest BCUT2D eigenvalue weighted by molar-refractivity contribution is 5.26. The van der Waals surface area contributed by atoms with E-state index in [0.29, 0.717) is 6.04 Å². The number of hydrogen-bond acceptors (Lipinski definition) is 4. The van der Waals surface area contributed by atoms with Crippen molar-refractivity contribution in [2.45, 2.75) is 45.3 Å². The molecule has 0 unspecified atom stereocenters. The van der Waals surface area contributed by atoms with Gasteiger partial charge in [-0.15, -0.1) is 0 Å². The number of likely N-dealkylation sites (tertiary alicyclic amines) is 1. The number of aromatic nitrogens is 5. The standard InChI is InChI=1S/C19H24N6/c1-2-9-25-14-16(12-21-25)13-23-10-4-6-18(23)17-5-3-7-19(22-17)24-11-8-20-15-24/h3,5,7-8,11-12,14-15,18H,2,4,6,9-10,13H2,1H3/t18-/m1/s1. The van der Waals surface area contributed by atoms with Gasteiger partial charge in [0, 0.05) is 37.2 Å². The van der Waals surface area contributed by atoms with Crippen LogP contribution in [0.1, 0.15) is 43.5 Å². The van der Waals surface area contributed by atoms with Crippen LogP contribution in [-0.4, -0.2) is 35.8 Å². The van der Waals surface area contributed by atoms with Crippen molar-refractivity contribution in [2.75, 3.05) is 6.54 Å². The van der Waals surface area contributed by atoms with Gasteiger partial charge in [-0.1, -0.05) is 13.0 Å². The molecule has 3 aromatic heterocycles. The molecule has 3 aromatic rings. The predicted molar refractivity (Wildman–Crippen MR) is 96.3 cm³/mol. The molecule has 1 saturated heterocycles. The molecule has 4 rings (SSSR count). The van der Waals surface area contributed by atoms with Crippen LogP contribution in [0, 0.1) is 0 Å². The first-order valence-electron chi connectivity index (χ1n) is 9.04. The first kappa shape index (κ1) is 16.0. The van der Waals surface area contributed by atoms with Crippen LogP contribution in [0.2, 0.25) is 0 Å². The summed E-state index contributed by atoms with van der Waals surface area (Å²) in [5, 5.41) is 4.46. The fourth-order valence-corrected chi connectivity index (χ4v) is 3.59. The van der Waals surface area contributed by atoms with Gasteiger partial charge in [-0.05, 0) is 37.9 Å². The maximum Gasteiger partial charge on any atom is 0.138 e. The molecule has 6 nitrogen and oxygen atoms in total. The highest BCUT2D eigenvalue weighted by atomic mass is 15.3. The lowest BCUT2D eigenvalue weighted by Gasteiger charge is -2.23. The molecule has 0 saturated carbocycles. The molecule has 0 bridgehead atoms. The van der Waals surface area contributed by atoms with Crippen LogP contribution in [-0.2, 0) is 13.1 Å². The van der Waals surface area contributed by atoms with E-state index in [0.717, 1.165) is 44.0 Å². The number of nitrogens with zero attached hydrogens (tertiary/aromatic N) is 6. The van der Waals surface area contributed by atoms with Crippen LogP contribution in [0.25, 0.3) is 5.82 Å². The third-order valence-electron chi connectivity index (χ3n) is 4.76. The molecular formula is C19H24N6. The summed E-state index contributed by atoms with van der Waals surface area (Å²) in [6, 6.07) is 6.63. The Labute approximate surface area is 148 Å². The number of rotatable bonds is 6. The van der Waals surface area contributed by atoms with Crippen LogP contribution in [0.4, 0.5) is 0 Å². The van der Waals surface area contributed by atoms with Crippen molar-refractivity contribution in [1.82, 2.24) is 29.2 Å². The zero-order valence-corrected chi connectivity index (χ0v) is 14.6. The molecule has 1 aliphatic rings. The van der Waals surface area contributed by atoms with Crippen molar-refractivity contribution in [3.8, 4) is 5.82 Å². The predicted octanol–water partition coefficient (Wildman–Crippen LogP) is 3.21. The summed E-state index contributed by atoms with van der Waals surface area (Å²) in [7, 11) is 0. The molecule has 0 N–H and O–H groups in total. The molecule has 130 valence electrons. The SMILES string of the molecule is CCCn1cc(CN2CCC[C@@H]2c2cccc(-n3ccnc3)n2)cn1. The highest BCUT2D eigenvalue weighted by Gasteiger charge is 2.27. The van der Waals surface area contributed by atoms with Gasteiger partial charge in [-0.2, -0.15) is 5.10 Å². The second kappa shape index (κ2) is 7.19. The summed E-state index contributed by atoms with van der Waals surface area (Å²) in [6.07, 6.45) is 13.2. The average Bonchev–Trinajstić information content (AvgIpc) is 3.38. The van der Waals surface area contributed by atoms with E-state index in [4.69, 9.17) is 4.98 Å². The Bertz CT molecular complexity index is 807. The normalized spacial score (nSPS) is 18.0. The lowest BCUT2D eigenvalue weighted by molar-refractivity contribution is 0.244. The largest absolute Gasteiger partial charge is 0.291 e. The molecule has 25 heavy (non-hydrogen) atoms. The van der Waals surface area contributed by atoms with Crippen LogP contribution < -0.4 is 0 Å². The summed E-state index contributed by atoms with van der Waals surface area (Å²) < 4.78 is 4.00. The molecule has 0 amide bonds. The maximum absolute atomic E-state index is 4.88. The lowest BCUT2D eigenvalue weighted by Crippen LogP contribution is -2.23. The molecular weight excluding hydrogens is 312 g/mol. The number of imidazole rings is 1. The van der Waals surface area contributed by atoms with E-state index < -0.39 is 0 Å². The first-order chi connectivity index (χ1) is 12.3. The van der Waals surface area contributed by atoms with E-state index >= 15 is 0 Å². The highest BCUT2D eigenvalue weighted by Crippen LogP contribution is 2.32. The third-order valence-corrected chi connectivity index (χ3v) is 4.76. The number of hydrogen-bond donors (Lipinski definition) is 0. The topological polar surface area (TPSA) is 51.8 Å². The second-order valence-electron chi connectivity index (χ2n) is 6.63. The van der Waals surface area contributed by atoms with Crippen molar-refractivity contribution in [3.05, 3.63) is 60.6 Å². The van der Waals surface area contributed by atoms with Crippen LogP contribution in [0.5, 0.6) is 0 Å². The van der Waals surface area contributed by atoms with Crippen molar-refractivity contribution < 1.29 is 0 Å². The Morgan fingerprint density at radius 2 is 2.24 bits per heavy atom. The molecule has 1 atom stereocenters. The molecule has 0 aliphatic carbocycles. The van der Waals surface area contributed by atoms with Crippen LogP contribution in [0.15, 0.2) is 49.3 Å². The fourth-order valence-electron chi connectivity index (χ4n) is 3.59. The zero-order chi connectivity index (χ0) is 17.1. The second-order valence-corrected chi connectivity index (χ2v) is 6.63. The van der Waals surface area contributed by atoms with E-state index in [9.17, 15) is 0 Å². The van der Waals surface area contributed by atoms with Gasteiger partial charge in [-0.25, -0.2) is 9.97 Å². The van der Waals surface area contributed by atoms with E-state index in [1.54, 1.807) is 12.5 Å². The summed E-state index contributed by atoms with van der Waals surface area (Å²) >= 11 is 0. The van der Waals surface area contributed by atoms with Crippen molar-refractivity contribution in [1.29, 1.82) is 0 Å². The zero-order valence-electron chi connectivity index (χ0n) is 14.6. The van der Waals surface area contributed by atoms with Gasteiger partial charge in [0.25, 0.3) is 0 Å². The fraction of sp³-hybridized carbons (Fsp3) is 0.421. The summed E-state index contributed by atoms with van der Waals surface area (Å²) in [5.74, 6) is 0.928. The first-order valence-corrected chi connectivity index (χ1v) is 9.04. The quantitative estimate of drug-likeness (QED) is 0.693. The smallest absolute Gasteiger partial charge is 0.138 e. The van der Waals surface area contributed by atoms with Crippen molar-refractivity contribution in [3.63, 3.8) is 0 Å². The van der Waals surface area contributed by atoms with Gasteiger partial charge in [0.2, 0.25) is 0 Å². The van der Waals surface area contributed by atoms with Gasteiger partial charge in [-0.3, -0.25) is 14.1 Å².